The van der Waals surface area contributed by atoms with Crippen LogP contribution in [0.5, 0.6) is 0 Å². The monoisotopic (exact) mass is 433 g/mol. The van der Waals surface area contributed by atoms with Crippen LogP contribution >= 0.6 is 0 Å². The number of fused-ring (bicyclic) bond motifs is 3. The zero-order chi connectivity index (χ0) is 22.1. The molecule has 5 heteroatoms. The number of para-hydroxylation sites is 2. The van der Waals surface area contributed by atoms with Crippen LogP contribution < -0.4 is 0 Å². The van der Waals surface area contributed by atoms with Gasteiger partial charge in [-0.15, -0.1) is 0 Å². The SMILES string of the molecule is CN(CCCc1nc2ccccc2[nH]1)CCC1(O)C[C@@H]2CCC1C=C2c1cccc(F)c1. The average molecular weight is 434 g/mol. The Kier molecular flexibility index (Phi) is 5.87. The molecule has 0 spiro atoms. The third-order valence-corrected chi connectivity index (χ3v) is 7.41. The number of halogens is 1. The van der Waals surface area contributed by atoms with E-state index in [9.17, 15) is 9.50 Å². The summed E-state index contributed by atoms with van der Waals surface area (Å²) in [7, 11) is 2.14. The van der Waals surface area contributed by atoms with E-state index in [-0.39, 0.29) is 11.7 Å². The minimum Gasteiger partial charge on any atom is -0.389 e. The second kappa shape index (κ2) is 8.80. The Labute approximate surface area is 189 Å². The van der Waals surface area contributed by atoms with Crippen LogP contribution in [-0.2, 0) is 6.42 Å². The van der Waals surface area contributed by atoms with Gasteiger partial charge in [-0.1, -0.05) is 30.3 Å². The third-order valence-electron chi connectivity index (χ3n) is 7.41. The molecule has 3 atom stereocenters. The van der Waals surface area contributed by atoms with Gasteiger partial charge in [0.25, 0.3) is 0 Å². The first kappa shape index (κ1) is 21.4. The van der Waals surface area contributed by atoms with E-state index in [1.54, 1.807) is 12.1 Å². The maximum Gasteiger partial charge on any atom is 0.123 e. The molecular formula is C27H32FN3O. The molecule has 2 N–H and O–H groups in total. The Hall–Kier alpha value is -2.50. The molecule has 168 valence electrons. The van der Waals surface area contributed by atoms with Crippen molar-refractivity contribution in [1.82, 2.24) is 14.9 Å². The van der Waals surface area contributed by atoms with Crippen molar-refractivity contribution in [3.8, 4) is 0 Å². The van der Waals surface area contributed by atoms with E-state index >= 15 is 0 Å². The summed E-state index contributed by atoms with van der Waals surface area (Å²) in [5.74, 6) is 1.34. The number of allylic oxidation sites excluding steroid dienone is 1. The zero-order valence-electron chi connectivity index (χ0n) is 18.7. The molecule has 3 aliphatic carbocycles. The molecule has 0 amide bonds. The zero-order valence-corrected chi connectivity index (χ0v) is 18.7. The van der Waals surface area contributed by atoms with Crippen molar-refractivity contribution in [3.05, 3.63) is 71.8 Å². The second-order valence-electron chi connectivity index (χ2n) is 9.68. The van der Waals surface area contributed by atoms with Crippen LogP contribution in [0.2, 0.25) is 0 Å². The molecular weight excluding hydrogens is 401 g/mol. The van der Waals surface area contributed by atoms with Gasteiger partial charge in [-0.25, -0.2) is 9.37 Å². The summed E-state index contributed by atoms with van der Waals surface area (Å²) in [5.41, 5.74) is 3.67. The van der Waals surface area contributed by atoms with Crippen molar-refractivity contribution in [2.24, 2.45) is 11.8 Å². The van der Waals surface area contributed by atoms with Crippen molar-refractivity contribution < 1.29 is 9.50 Å². The number of aromatic amines is 1. The maximum atomic E-state index is 13.7. The van der Waals surface area contributed by atoms with E-state index in [4.69, 9.17) is 0 Å². The Morgan fingerprint density at radius 2 is 2.03 bits per heavy atom. The number of benzene rings is 2. The largest absolute Gasteiger partial charge is 0.389 e. The molecule has 1 saturated carbocycles. The molecule has 2 unspecified atom stereocenters. The molecule has 2 bridgehead atoms. The molecule has 32 heavy (non-hydrogen) atoms. The third kappa shape index (κ3) is 4.37. The van der Waals surface area contributed by atoms with Crippen LogP contribution in [0.3, 0.4) is 0 Å². The lowest BCUT2D eigenvalue weighted by molar-refractivity contribution is -0.0574. The minimum atomic E-state index is -0.646. The number of nitrogens with zero attached hydrogens (tertiary/aromatic N) is 2. The van der Waals surface area contributed by atoms with Gasteiger partial charge in [0.15, 0.2) is 0 Å². The minimum absolute atomic E-state index is 0.162. The number of nitrogens with one attached hydrogen (secondary N) is 1. The predicted octanol–water partition coefficient (Wildman–Crippen LogP) is 5.20. The first-order chi connectivity index (χ1) is 15.5. The van der Waals surface area contributed by atoms with Gasteiger partial charge >= 0.3 is 0 Å². The van der Waals surface area contributed by atoms with Gasteiger partial charge in [-0.05, 0) is 87.0 Å². The molecule has 3 aliphatic rings. The summed E-state index contributed by atoms with van der Waals surface area (Å²) in [6.45, 7) is 1.86. The number of hydrogen-bond donors (Lipinski definition) is 2. The van der Waals surface area contributed by atoms with Gasteiger partial charge in [0.05, 0.1) is 16.6 Å². The number of aromatic nitrogens is 2. The molecule has 3 aromatic rings. The van der Waals surface area contributed by atoms with Gasteiger partial charge in [0, 0.05) is 18.9 Å². The maximum absolute atomic E-state index is 13.7. The summed E-state index contributed by atoms with van der Waals surface area (Å²) in [4.78, 5) is 10.4. The van der Waals surface area contributed by atoms with Crippen molar-refractivity contribution in [3.63, 3.8) is 0 Å². The lowest BCUT2D eigenvalue weighted by Gasteiger charge is -2.48. The van der Waals surface area contributed by atoms with Gasteiger partial charge in [0.2, 0.25) is 0 Å². The first-order valence-electron chi connectivity index (χ1n) is 11.8. The molecule has 1 heterocycles. The highest BCUT2D eigenvalue weighted by molar-refractivity contribution is 5.74. The van der Waals surface area contributed by atoms with Crippen LogP contribution in [-0.4, -0.2) is 45.7 Å². The summed E-state index contributed by atoms with van der Waals surface area (Å²) in [5, 5.41) is 11.5. The van der Waals surface area contributed by atoms with Crippen LogP contribution in [0.15, 0.2) is 54.6 Å². The van der Waals surface area contributed by atoms with Crippen LogP contribution in [0.1, 0.15) is 43.5 Å². The molecule has 0 aliphatic heterocycles. The first-order valence-corrected chi connectivity index (χ1v) is 11.8. The fourth-order valence-electron chi connectivity index (χ4n) is 5.61. The highest BCUT2D eigenvalue weighted by atomic mass is 19.1. The Morgan fingerprint density at radius 3 is 2.81 bits per heavy atom. The van der Waals surface area contributed by atoms with Crippen LogP contribution in [0.4, 0.5) is 4.39 Å². The lowest BCUT2D eigenvalue weighted by atomic mass is 9.61. The summed E-state index contributed by atoms with van der Waals surface area (Å²) in [6, 6.07) is 15.0. The number of H-pyrrole nitrogens is 1. The van der Waals surface area contributed by atoms with Gasteiger partial charge < -0.3 is 15.0 Å². The standard InChI is InChI=1S/C27H32FN3O/c1-31(14-5-10-26-29-24-8-2-3-9-25(24)30-26)15-13-27(32)18-20-11-12-21(27)17-23(20)19-6-4-7-22(28)16-19/h2-4,6-9,16-17,20-21,32H,5,10-15,18H2,1H3,(H,29,30)/t20-,21?,27?/m0/s1. The average Bonchev–Trinajstić information content (AvgIpc) is 3.21. The van der Waals surface area contributed by atoms with Crippen molar-refractivity contribution in [2.45, 2.75) is 44.1 Å². The molecule has 1 fully saturated rings. The molecule has 0 radical (unpaired) electrons. The number of aryl methyl sites for hydroxylation is 1. The van der Waals surface area contributed by atoms with Crippen LogP contribution in [0.25, 0.3) is 16.6 Å². The quantitative estimate of drug-likeness (QED) is 0.513. The fourth-order valence-corrected chi connectivity index (χ4v) is 5.61. The van der Waals surface area contributed by atoms with Gasteiger partial charge in [-0.3, -0.25) is 0 Å². The van der Waals surface area contributed by atoms with Crippen molar-refractivity contribution in [2.75, 3.05) is 20.1 Å². The lowest BCUT2D eigenvalue weighted by Crippen LogP contribution is -2.48. The smallest absolute Gasteiger partial charge is 0.123 e. The van der Waals surface area contributed by atoms with Gasteiger partial charge in [0.1, 0.15) is 11.6 Å². The Bertz CT molecular complexity index is 1090. The predicted molar refractivity (Wildman–Crippen MR) is 127 cm³/mol. The number of imidazole rings is 1. The molecule has 2 aromatic carbocycles. The van der Waals surface area contributed by atoms with E-state index in [1.807, 2.05) is 24.3 Å². The van der Waals surface area contributed by atoms with Gasteiger partial charge in [-0.2, -0.15) is 0 Å². The fraction of sp³-hybridized carbons (Fsp3) is 0.444. The summed E-state index contributed by atoms with van der Waals surface area (Å²) in [6.07, 6.45) is 7.86. The molecule has 0 saturated heterocycles. The highest BCUT2D eigenvalue weighted by Gasteiger charge is 2.46. The molecule has 1 aromatic heterocycles. The number of hydrogen-bond acceptors (Lipinski definition) is 3. The molecule has 4 nitrogen and oxygen atoms in total. The summed E-state index contributed by atoms with van der Waals surface area (Å²) >= 11 is 0. The number of rotatable bonds is 8. The van der Waals surface area contributed by atoms with E-state index in [2.05, 4.69) is 34.1 Å². The molecule has 6 rings (SSSR count). The Balaban J connectivity index is 1.14. The van der Waals surface area contributed by atoms with E-state index < -0.39 is 5.60 Å². The van der Waals surface area contributed by atoms with Crippen LogP contribution in [0, 0.1) is 17.7 Å². The van der Waals surface area contributed by atoms with Crippen molar-refractivity contribution in [1.29, 1.82) is 0 Å². The normalized spacial score (nSPS) is 24.9. The topological polar surface area (TPSA) is 52.2 Å². The van der Waals surface area contributed by atoms with E-state index in [0.717, 1.165) is 74.0 Å². The summed E-state index contributed by atoms with van der Waals surface area (Å²) < 4.78 is 13.7. The van der Waals surface area contributed by atoms with E-state index in [0.29, 0.717) is 5.92 Å². The number of aliphatic hydroxyl groups is 1. The Morgan fingerprint density at radius 1 is 1.16 bits per heavy atom. The van der Waals surface area contributed by atoms with Crippen molar-refractivity contribution >= 4 is 16.6 Å². The van der Waals surface area contributed by atoms with E-state index in [1.165, 1.54) is 11.6 Å². The second-order valence-corrected chi connectivity index (χ2v) is 9.68. The highest BCUT2D eigenvalue weighted by Crippen LogP contribution is 2.51.